The van der Waals surface area contributed by atoms with E-state index in [1.165, 1.54) is 5.57 Å². The molecule has 0 saturated heterocycles. The van der Waals surface area contributed by atoms with Gasteiger partial charge in [0.05, 0.1) is 12.0 Å². The topological polar surface area (TPSA) is 60.4 Å². The van der Waals surface area contributed by atoms with Gasteiger partial charge in [0.1, 0.15) is 0 Å². The van der Waals surface area contributed by atoms with Crippen molar-refractivity contribution in [2.24, 2.45) is 5.41 Å². The highest BCUT2D eigenvalue weighted by atomic mass is 16.5. The lowest BCUT2D eigenvalue weighted by Gasteiger charge is -2.33. The Hall–Kier alpha value is -1.41. The molecule has 1 atom stereocenters. The lowest BCUT2D eigenvalue weighted by atomic mass is 9.72. The molecule has 0 radical (unpaired) electrons. The van der Waals surface area contributed by atoms with Gasteiger partial charge < -0.3 is 4.74 Å². The van der Waals surface area contributed by atoms with Gasteiger partial charge in [-0.05, 0) is 39.5 Å². The lowest BCUT2D eigenvalue weighted by molar-refractivity contribution is -0.191. The second-order valence-corrected chi connectivity index (χ2v) is 4.20. The minimum Gasteiger partial charge on any atom is -0.466 e. The fourth-order valence-corrected chi connectivity index (χ4v) is 2.19. The third-order valence-electron chi connectivity index (χ3n) is 3.12. The minimum atomic E-state index is -0.227. The van der Waals surface area contributed by atoms with Crippen LogP contribution in [0.25, 0.3) is 0 Å². The summed E-state index contributed by atoms with van der Waals surface area (Å²) in [6.45, 7) is 6.54. The molecule has 4 nitrogen and oxygen atoms in total. The molecule has 1 unspecified atom stereocenters. The molecule has 0 saturated carbocycles. The molecule has 0 fully saturated rings. The Bertz CT molecular complexity index is 313. The van der Waals surface area contributed by atoms with E-state index in [-0.39, 0.29) is 17.5 Å². The molecule has 1 rings (SSSR count). The van der Waals surface area contributed by atoms with Gasteiger partial charge in [-0.2, -0.15) is 9.59 Å². The van der Waals surface area contributed by atoms with E-state index in [9.17, 15) is 4.79 Å². The van der Waals surface area contributed by atoms with Crippen LogP contribution in [-0.2, 0) is 19.1 Å². The monoisotopic (exact) mass is 240 g/mol. The van der Waals surface area contributed by atoms with Crippen LogP contribution in [0.5, 0.6) is 0 Å². The Labute approximate surface area is 102 Å². The highest BCUT2D eigenvalue weighted by Gasteiger charge is 2.39. The van der Waals surface area contributed by atoms with Crippen LogP contribution in [0.4, 0.5) is 0 Å². The summed E-state index contributed by atoms with van der Waals surface area (Å²) in [5.41, 5.74) is 1.10. The molecule has 0 bridgehead atoms. The molecule has 0 N–H and O–H groups in total. The normalized spacial score (nSPS) is 22.6. The van der Waals surface area contributed by atoms with Gasteiger partial charge in [-0.1, -0.05) is 18.6 Å². The molecule has 96 valence electrons. The second kappa shape index (κ2) is 7.80. The van der Waals surface area contributed by atoms with E-state index < -0.39 is 0 Å². The number of allylic oxidation sites excluding steroid dienone is 2. The summed E-state index contributed by atoms with van der Waals surface area (Å²) < 4.78 is 5.16. The average Bonchev–Trinajstić information content (AvgIpc) is 2.30. The summed E-state index contributed by atoms with van der Waals surface area (Å²) in [4.78, 5) is 28.1. The molecule has 0 aliphatic heterocycles. The summed E-state index contributed by atoms with van der Waals surface area (Å²) in [6.07, 6.45) is 6.20. The Morgan fingerprint density at radius 2 is 2.06 bits per heavy atom. The maximum absolute atomic E-state index is 11.8. The first kappa shape index (κ1) is 15.6. The fourth-order valence-electron chi connectivity index (χ4n) is 2.19. The molecule has 4 heteroatoms. The minimum absolute atomic E-state index is 0.00468. The summed E-state index contributed by atoms with van der Waals surface area (Å²) in [5.74, 6) is -0.00468. The van der Waals surface area contributed by atoms with E-state index in [0.717, 1.165) is 25.7 Å². The Morgan fingerprint density at radius 1 is 1.47 bits per heavy atom. The van der Waals surface area contributed by atoms with Crippen LogP contribution >= 0.6 is 0 Å². The quantitative estimate of drug-likeness (QED) is 0.561. The van der Waals surface area contributed by atoms with Gasteiger partial charge in [-0.15, -0.1) is 0 Å². The van der Waals surface area contributed by atoms with Crippen molar-refractivity contribution in [1.82, 2.24) is 0 Å². The zero-order valence-electron chi connectivity index (χ0n) is 10.7. The van der Waals surface area contributed by atoms with Gasteiger partial charge in [0.2, 0.25) is 0 Å². The van der Waals surface area contributed by atoms with Crippen LogP contribution in [0.15, 0.2) is 11.6 Å². The molecular weight excluding hydrogens is 220 g/mol. The molecule has 17 heavy (non-hydrogen) atoms. The van der Waals surface area contributed by atoms with Crippen molar-refractivity contribution in [2.45, 2.75) is 46.5 Å². The van der Waals surface area contributed by atoms with Crippen molar-refractivity contribution in [3.63, 3.8) is 0 Å². The predicted octanol–water partition coefficient (Wildman–Crippen LogP) is 2.49. The Balaban J connectivity index is 0.000000770. The van der Waals surface area contributed by atoms with E-state index >= 15 is 0 Å². The van der Waals surface area contributed by atoms with Crippen LogP contribution < -0.4 is 0 Å². The van der Waals surface area contributed by atoms with E-state index in [1.54, 1.807) is 0 Å². The van der Waals surface area contributed by atoms with E-state index in [4.69, 9.17) is 14.3 Å². The Kier molecular flexibility index (Phi) is 7.15. The van der Waals surface area contributed by atoms with Crippen molar-refractivity contribution in [2.75, 3.05) is 6.61 Å². The molecule has 0 spiro atoms. The molecule has 0 aromatic carbocycles. The van der Waals surface area contributed by atoms with Crippen LogP contribution in [0.2, 0.25) is 0 Å². The largest absolute Gasteiger partial charge is 0.466 e. The molecular formula is C13H20O4. The highest BCUT2D eigenvalue weighted by Crippen LogP contribution is 2.40. The Morgan fingerprint density at radius 3 is 2.47 bits per heavy atom. The number of carbonyl (C=O) groups excluding carboxylic acids is 3. The number of esters is 1. The highest BCUT2D eigenvalue weighted by molar-refractivity contribution is 5.77. The van der Waals surface area contributed by atoms with Crippen molar-refractivity contribution < 1.29 is 19.1 Å². The third-order valence-corrected chi connectivity index (χ3v) is 3.12. The summed E-state index contributed by atoms with van der Waals surface area (Å²) >= 11 is 0. The summed E-state index contributed by atoms with van der Waals surface area (Å²) in [5, 5.41) is 0. The first-order valence-corrected chi connectivity index (χ1v) is 5.88. The first-order chi connectivity index (χ1) is 8.06. The molecule has 1 aliphatic rings. The number of rotatable bonds is 3. The first-order valence-electron chi connectivity index (χ1n) is 5.88. The summed E-state index contributed by atoms with van der Waals surface area (Å²) in [7, 11) is 0. The van der Waals surface area contributed by atoms with Crippen molar-refractivity contribution in [3.05, 3.63) is 11.6 Å². The van der Waals surface area contributed by atoms with Crippen LogP contribution in [0, 0.1) is 5.41 Å². The SMILES string of the molecule is CCOC(=O)C1(CC)CCC=C(C)C1.O=C=O. The third kappa shape index (κ3) is 4.53. The molecule has 0 amide bonds. The van der Waals surface area contributed by atoms with Gasteiger partial charge in [0, 0.05) is 0 Å². The van der Waals surface area contributed by atoms with Crippen LogP contribution in [0.1, 0.15) is 46.5 Å². The van der Waals surface area contributed by atoms with Gasteiger partial charge in [-0.25, -0.2) is 0 Å². The summed E-state index contributed by atoms with van der Waals surface area (Å²) in [6, 6.07) is 0. The van der Waals surface area contributed by atoms with E-state index in [2.05, 4.69) is 19.9 Å². The number of carbonyl (C=O) groups is 1. The standard InChI is InChI=1S/C12H20O2.CO2/c1-4-12(11(13)14-5-2)8-6-7-10(3)9-12;2-1-3/h7H,4-6,8-9H2,1-3H3;. The second-order valence-electron chi connectivity index (χ2n) is 4.20. The van der Waals surface area contributed by atoms with Gasteiger partial charge in [0.25, 0.3) is 0 Å². The van der Waals surface area contributed by atoms with E-state index in [1.807, 2.05) is 6.92 Å². The van der Waals surface area contributed by atoms with Crippen LogP contribution in [0.3, 0.4) is 0 Å². The lowest BCUT2D eigenvalue weighted by Crippen LogP contribution is -2.34. The molecule has 0 aromatic heterocycles. The zero-order chi connectivity index (χ0) is 13.3. The van der Waals surface area contributed by atoms with Crippen LogP contribution in [-0.4, -0.2) is 18.7 Å². The van der Waals surface area contributed by atoms with Crippen molar-refractivity contribution in [3.8, 4) is 0 Å². The number of hydrogen-bond donors (Lipinski definition) is 0. The predicted molar refractivity (Wildman–Crippen MR) is 62.0 cm³/mol. The number of ether oxygens (including phenoxy) is 1. The van der Waals surface area contributed by atoms with Gasteiger partial charge in [0.15, 0.2) is 0 Å². The van der Waals surface area contributed by atoms with Gasteiger partial charge in [-0.3, -0.25) is 4.79 Å². The average molecular weight is 240 g/mol. The molecule has 0 aromatic rings. The van der Waals surface area contributed by atoms with Gasteiger partial charge >= 0.3 is 12.1 Å². The maximum atomic E-state index is 11.8. The van der Waals surface area contributed by atoms with Crippen molar-refractivity contribution >= 4 is 12.1 Å². The fraction of sp³-hybridized carbons (Fsp3) is 0.692. The number of hydrogen-bond acceptors (Lipinski definition) is 4. The molecule has 1 aliphatic carbocycles. The van der Waals surface area contributed by atoms with E-state index in [0.29, 0.717) is 6.61 Å². The molecule has 0 heterocycles. The maximum Gasteiger partial charge on any atom is 0.373 e. The smallest absolute Gasteiger partial charge is 0.373 e. The van der Waals surface area contributed by atoms with Crippen molar-refractivity contribution in [1.29, 1.82) is 0 Å². The zero-order valence-corrected chi connectivity index (χ0v) is 10.7.